The number of benzene rings is 1. The molecule has 19 heavy (non-hydrogen) atoms. The summed E-state index contributed by atoms with van der Waals surface area (Å²) in [6, 6.07) is 10.1. The van der Waals surface area contributed by atoms with E-state index in [9.17, 15) is 0 Å². The third kappa shape index (κ3) is 2.24. The Hall–Kier alpha value is -2.14. The summed E-state index contributed by atoms with van der Waals surface area (Å²) in [5.74, 6) is 0. The Labute approximate surface area is 116 Å². The molecule has 0 aliphatic heterocycles. The SMILES string of the molecule is Cn1ccc(Cn2ccc3ccc(C(N)=S)cc32)n1. The van der Waals surface area contributed by atoms with Crippen LogP contribution in [-0.4, -0.2) is 19.3 Å². The summed E-state index contributed by atoms with van der Waals surface area (Å²) < 4.78 is 3.96. The van der Waals surface area contributed by atoms with Crippen molar-refractivity contribution in [1.29, 1.82) is 0 Å². The number of nitrogens with two attached hydrogens (primary N) is 1. The lowest BCUT2D eigenvalue weighted by atomic mass is 10.1. The molecular formula is C14H14N4S. The van der Waals surface area contributed by atoms with Gasteiger partial charge in [-0.15, -0.1) is 0 Å². The molecule has 2 heterocycles. The molecule has 0 radical (unpaired) electrons. The lowest BCUT2D eigenvalue weighted by molar-refractivity contribution is 0.716. The maximum Gasteiger partial charge on any atom is 0.104 e. The smallest absolute Gasteiger partial charge is 0.104 e. The summed E-state index contributed by atoms with van der Waals surface area (Å²) in [6.07, 6.45) is 4.00. The highest BCUT2D eigenvalue weighted by Gasteiger charge is 2.05. The number of rotatable bonds is 3. The van der Waals surface area contributed by atoms with Gasteiger partial charge in [0.05, 0.1) is 12.2 Å². The number of nitrogens with zero attached hydrogens (tertiary/aromatic N) is 3. The number of fused-ring (bicyclic) bond motifs is 1. The van der Waals surface area contributed by atoms with E-state index in [4.69, 9.17) is 18.0 Å². The van der Waals surface area contributed by atoms with Gasteiger partial charge in [0.1, 0.15) is 4.99 Å². The Balaban J connectivity index is 2.03. The largest absolute Gasteiger partial charge is 0.389 e. The van der Waals surface area contributed by atoms with Crippen molar-refractivity contribution in [2.45, 2.75) is 6.54 Å². The van der Waals surface area contributed by atoms with E-state index in [1.807, 2.05) is 42.2 Å². The van der Waals surface area contributed by atoms with Crippen LogP contribution in [0.3, 0.4) is 0 Å². The first-order valence-electron chi connectivity index (χ1n) is 6.01. The molecule has 2 N–H and O–H groups in total. The zero-order valence-electron chi connectivity index (χ0n) is 10.6. The molecule has 0 saturated carbocycles. The molecule has 1 aromatic carbocycles. The minimum absolute atomic E-state index is 0.424. The van der Waals surface area contributed by atoms with Gasteiger partial charge in [-0.2, -0.15) is 5.10 Å². The highest BCUT2D eigenvalue weighted by molar-refractivity contribution is 7.80. The molecule has 3 aromatic rings. The molecule has 5 heteroatoms. The van der Waals surface area contributed by atoms with Gasteiger partial charge in [0.15, 0.2) is 0 Å². The predicted molar refractivity (Wildman–Crippen MR) is 80.1 cm³/mol. The Morgan fingerprint density at radius 2 is 2.11 bits per heavy atom. The summed E-state index contributed by atoms with van der Waals surface area (Å²) in [5.41, 5.74) is 8.73. The minimum Gasteiger partial charge on any atom is -0.389 e. The van der Waals surface area contributed by atoms with Crippen LogP contribution in [-0.2, 0) is 13.6 Å². The zero-order valence-corrected chi connectivity index (χ0v) is 11.4. The highest BCUT2D eigenvalue weighted by Crippen LogP contribution is 2.18. The first-order valence-corrected chi connectivity index (χ1v) is 6.41. The van der Waals surface area contributed by atoms with E-state index < -0.39 is 0 Å². The van der Waals surface area contributed by atoms with Gasteiger partial charge in [0, 0.05) is 30.5 Å². The van der Waals surface area contributed by atoms with Crippen molar-refractivity contribution in [3.63, 3.8) is 0 Å². The Kier molecular flexibility index (Phi) is 2.83. The highest BCUT2D eigenvalue weighted by atomic mass is 32.1. The van der Waals surface area contributed by atoms with Gasteiger partial charge in [0.2, 0.25) is 0 Å². The van der Waals surface area contributed by atoms with Crippen LogP contribution < -0.4 is 5.73 Å². The van der Waals surface area contributed by atoms with Crippen molar-refractivity contribution in [3.8, 4) is 0 Å². The van der Waals surface area contributed by atoms with E-state index in [1.165, 1.54) is 5.39 Å². The average molecular weight is 270 g/mol. The van der Waals surface area contributed by atoms with Gasteiger partial charge in [0.25, 0.3) is 0 Å². The molecule has 0 saturated heterocycles. The van der Waals surface area contributed by atoms with Crippen LogP contribution >= 0.6 is 12.2 Å². The molecule has 0 bridgehead atoms. The van der Waals surface area contributed by atoms with E-state index in [2.05, 4.69) is 21.9 Å². The third-order valence-electron chi connectivity index (χ3n) is 3.16. The first-order chi connectivity index (χ1) is 9.13. The lowest BCUT2D eigenvalue weighted by Crippen LogP contribution is -2.09. The summed E-state index contributed by atoms with van der Waals surface area (Å²) >= 11 is 5.03. The van der Waals surface area contributed by atoms with Crippen LogP contribution in [0.5, 0.6) is 0 Å². The lowest BCUT2D eigenvalue weighted by Gasteiger charge is -2.05. The van der Waals surface area contributed by atoms with E-state index in [1.54, 1.807) is 0 Å². The van der Waals surface area contributed by atoms with Gasteiger partial charge < -0.3 is 10.3 Å². The maximum atomic E-state index is 5.69. The number of hydrogen-bond donors (Lipinski definition) is 1. The standard InChI is InChI=1S/C14H14N4S/c1-17-6-5-12(16-17)9-18-7-4-10-2-3-11(14(15)19)8-13(10)18/h2-8H,9H2,1H3,(H2,15,19). The van der Waals surface area contributed by atoms with Gasteiger partial charge >= 0.3 is 0 Å². The Bertz CT molecular complexity index is 754. The summed E-state index contributed by atoms with van der Waals surface area (Å²) in [7, 11) is 1.92. The van der Waals surface area contributed by atoms with Crippen LogP contribution in [0.15, 0.2) is 42.7 Å². The van der Waals surface area contributed by atoms with Crippen LogP contribution in [0.4, 0.5) is 0 Å². The van der Waals surface area contributed by atoms with Crippen LogP contribution in [0.25, 0.3) is 10.9 Å². The fourth-order valence-corrected chi connectivity index (χ4v) is 2.32. The molecule has 2 aromatic heterocycles. The van der Waals surface area contributed by atoms with Gasteiger partial charge in [-0.1, -0.05) is 24.4 Å². The van der Waals surface area contributed by atoms with Gasteiger partial charge in [-0.3, -0.25) is 4.68 Å². The number of thiocarbonyl (C=S) groups is 1. The van der Waals surface area contributed by atoms with Crippen molar-refractivity contribution >= 4 is 28.1 Å². The second-order valence-electron chi connectivity index (χ2n) is 4.56. The molecule has 3 rings (SSSR count). The molecule has 0 aliphatic carbocycles. The maximum absolute atomic E-state index is 5.69. The zero-order chi connectivity index (χ0) is 13.4. The molecule has 4 nitrogen and oxygen atoms in total. The first kappa shape index (κ1) is 11.9. The Morgan fingerprint density at radius 1 is 1.26 bits per heavy atom. The third-order valence-corrected chi connectivity index (χ3v) is 3.40. The van der Waals surface area contributed by atoms with E-state index in [-0.39, 0.29) is 0 Å². The monoisotopic (exact) mass is 270 g/mol. The predicted octanol–water partition coefficient (Wildman–Crippen LogP) is 2.06. The molecular weight excluding hydrogens is 256 g/mol. The second kappa shape index (κ2) is 4.51. The molecule has 0 amide bonds. The van der Waals surface area contributed by atoms with Gasteiger partial charge in [-0.05, 0) is 23.6 Å². The normalized spacial score (nSPS) is 11.0. The second-order valence-corrected chi connectivity index (χ2v) is 5.00. The number of aryl methyl sites for hydroxylation is 1. The van der Waals surface area contributed by atoms with Crippen molar-refractivity contribution in [3.05, 3.63) is 54.0 Å². The van der Waals surface area contributed by atoms with Crippen LogP contribution in [0, 0.1) is 0 Å². The van der Waals surface area contributed by atoms with E-state index in [0.29, 0.717) is 4.99 Å². The van der Waals surface area contributed by atoms with Crippen molar-refractivity contribution in [2.24, 2.45) is 12.8 Å². The number of hydrogen-bond acceptors (Lipinski definition) is 2. The van der Waals surface area contributed by atoms with E-state index >= 15 is 0 Å². The van der Waals surface area contributed by atoms with Crippen molar-refractivity contribution in [2.75, 3.05) is 0 Å². The quantitative estimate of drug-likeness (QED) is 0.741. The van der Waals surface area contributed by atoms with Crippen LogP contribution in [0.1, 0.15) is 11.3 Å². The summed E-state index contributed by atoms with van der Waals surface area (Å²) in [4.78, 5) is 0.424. The van der Waals surface area contributed by atoms with E-state index in [0.717, 1.165) is 23.3 Å². The number of aromatic nitrogens is 3. The summed E-state index contributed by atoms with van der Waals surface area (Å²) in [6.45, 7) is 0.741. The molecule has 96 valence electrons. The van der Waals surface area contributed by atoms with Gasteiger partial charge in [-0.25, -0.2) is 0 Å². The molecule has 0 fully saturated rings. The fourth-order valence-electron chi connectivity index (χ4n) is 2.20. The average Bonchev–Trinajstić information content (AvgIpc) is 2.96. The fraction of sp³-hybridized carbons (Fsp3) is 0.143. The molecule has 0 atom stereocenters. The minimum atomic E-state index is 0.424. The summed E-state index contributed by atoms with van der Waals surface area (Å²) in [5, 5.41) is 5.57. The molecule has 0 aliphatic rings. The topological polar surface area (TPSA) is 48.8 Å². The van der Waals surface area contributed by atoms with Crippen LogP contribution in [0.2, 0.25) is 0 Å². The molecule has 0 unspecified atom stereocenters. The van der Waals surface area contributed by atoms with Crippen molar-refractivity contribution < 1.29 is 0 Å². The Morgan fingerprint density at radius 3 is 2.79 bits per heavy atom. The molecule has 0 spiro atoms. The van der Waals surface area contributed by atoms with Crippen molar-refractivity contribution in [1.82, 2.24) is 14.3 Å².